The Hall–Kier alpha value is -1.20. The molecule has 1 heterocycles. The summed E-state index contributed by atoms with van der Waals surface area (Å²) in [6.45, 7) is 2.81. The molecule has 1 aliphatic heterocycles. The molecule has 3 N–H and O–H groups in total. The smallest absolute Gasteiger partial charge is 0.191 e. The van der Waals surface area contributed by atoms with E-state index in [1.165, 1.54) is 5.56 Å². The highest BCUT2D eigenvalue weighted by molar-refractivity contribution is 7.99. The van der Waals surface area contributed by atoms with Crippen LogP contribution >= 0.6 is 11.8 Å². The normalized spacial score (nSPS) is 29.2. The summed E-state index contributed by atoms with van der Waals surface area (Å²) in [6.07, 6.45) is 2.00. The molecule has 1 aromatic rings. The molecule has 0 atom stereocenters. The standard InChI is InChI=1S/C17H25N3OS/c18-16(20-6-8-22-9-7-20)19-12-17(13-21)10-15(11-17)14-4-2-1-3-5-14/h1-5,15,21H,6-13H2,(H2,18,19). The maximum absolute atomic E-state index is 9.80. The SMILES string of the molecule is NC(=NCC1(CO)CC(c2ccccc2)C1)N1CCSCC1. The zero-order valence-corrected chi connectivity index (χ0v) is 13.8. The number of guanidine groups is 1. The van der Waals surface area contributed by atoms with Crippen LogP contribution in [0.3, 0.4) is 0 Å². The van der Waals surface area contributed by atoms with Crippen molar-refractivity contribution in [3.05, 3.63) is 35.9 Å². The molecule has 1 aromatic carbocycles. The lowest BCUT2D eigenvalue weighted by Gasteiger charge is -2.46. The molecule has 4 nitrogen and oxygen atoms in total. The molecule has 3 rings (SSSR count). The number of aliphatic hydroxyl groups excluding tert-OH is 1. The summed E-state index contributed by atoms with van der Waals surface area (Å²) in [7, 11) is 0. The van der Waals surface area contributed by atoms with Gasteiger partial charge >= 0.3 is 0 Å². The third-order valence-electron chi connectivity index (χ3n) is 4.88. The van der Waals surface area contributed by atoms with E-state index in [4.69, 9.17) is 5.73 Å². The van der Waals surface area contributed by atoms with Crippen molar-refractivity contribution >= 4 is 17.7 Å². The Bertz CT molecular complexity index is 508. The van der Waals surface area contributed by atoms with Crippen LogP contribution in [0.25, 0.3) is 0 Å². The van der Waals surface area contributed by atoms with Crippen LogP contribution in [0.15, 0.2) is 35.3 Å². The number of aliphatic imine (C=N–C) groups is 1. The lowest BCUT2D eigenvalue weighted by atomic mass is 9.60. The number of rotatable bonds is 4. The summed E-state index contributed by atoms with van der Waals surface area (Å²) in [5, 5.41) is 9.80. The number of hydrogen-bond donors (Lipinski definition) is 2. The van der Waals surface area contributed by atoms with Crippen LogP contribution < -0.4 is 5.73 Å². The summed E-state index contributed by atoms with van der Waals surface area (Å²) < 4.78 is 0. The van der Waals surface area contributed by atoms with Gasteiger partial charge in [0.15, 0.2) is 5.96 Å². The van der Waals surface area contributed by atoms with E-state index in [-0.39, 0.29) is 12.0 Å². The fourth-order valence-corrected chi connectivity index (χ4v) is 4.30. The molecular formula is C17H25N3OS. The molecule has 22 heavy (non-hydrogen) atoms. The largest absolute Gasteiger partial charge is 0.396 e. The highest BCUT2D eigenvalue weighted by Gasteiger charge is 2.44. The first-order valence-electron chi connectivity index (χ1n) is 8.01. The highest BCUT2D eigenvalue weighted by atomic mass is 32.2. The molecule has 0 unspecified atom stereocenters. The minimum atomic E-state index is -0.0737. The predicted molar refractivity (Wildman–Crippen MR) is 93.3 cm³/mol. The van der Waals surface area contributed by atoms with Crippen molar-refractivity contribution in [1.82, 2.24) is 4.90 Å². The molecule has 1 aliphatic carbocycles. The van der Waals surface area contributed by atoms with Gasteiger partial charge in [-0.2, -0.15) is 11.8 Å². The van der Waals surface area contributed by atoms with Gasteiger partial charge in [-0.25, -0.2) is 0 Å². The molecule has 0 bridgehead atoms. The van der Waals surface area contributed by atoms with E-state index in [2.05, 4.69) is 34.2 Å². The van der Waals surface area contributed by atoms with Crippen LogP contribution in [-0.2, 0) is 0 Å². The van der Waals surface area contributed by atoms with Gasteiger partial charge in [-0.15, -0.1) is 0 Å². The molecule has 1 saturated carbocycles. The van der Waals surface area contributed by atoms with E-state index in [9.17, 15) is 5.11 Å². The number of nitrogens with two attached hydrogens (primary N) is 1. The zero-order valence-electron chi connectivity index (χ0n) is 12.9. The Labute approximate surface area is 136 Å². The zero-order chi connectivity index (χ0) is 15.4. The predicted octanol–water partition coefficient (Wildman–Crippen LogP) is 1.91. The van der Waals surface area contributed by atoms with Crippen molar-refractivity contribution in [1.29, 1.82) is 0 Å². The first-order chi connectivity index (χ1) is 10.7. The molecule has 0 aromatic heterocycles. The second-order valence-electron chi connectivity index (χ2n) is 6.45. The Morgan fingerprint density at radius 2 is 1.95 bits per heavy atom. The maximum Gasteiger partial charge on any atom is 0.191 e. The summed E-state index contributed by atoms with van der Waals surface area (Å²) >= 11 is 1.97. The average Bonchev–Trinajstić information content (AvgIpc) is 2.55. The lowest BCUT2D eigenvalue weighted by molar-refractivity contribution is 0.0339. The first kappa shape index (κ1) is 15.7. The number of thioether (sulfide) groups is 1. The number of hydrogen-bond acceptors (Lipinski definition) is 3. The van der Waals surface area contributed by atoms with Crippen molar-refractivity contribution in [2.75, 3.05) is 37.7 Å². The van der Waals surface area contributed by atoms with Gasteiger partial charge in [0.05, 0.1) is 13.2 Å². The van der Waals surface area contributed by atoms with Crippen LogP contribution in [0.2, 0.25) is 0 Å². The quantitative estimate of drug-likeness (QED) is 0.657. The van der Waals surface area contributed by atoms with Crippen LogP contribution in [0, 0.1) is 5.41 Å². The fourth-order valence-electron chi connectivity index (χ4n) is 3.40. The minimum absolute atomic E-state index is 0.0737. The van der Waals surface area contributed by atoms with E-state index in [1.54, 1.807) is 0 Å². The summed E-state index contributed by atoms with van der Waals surface area (Å²) in [5.41, 5.74) is 7.42. The summed E-state index contributed by atoms with van der Waals surface area (Å²) in [5.74, 6) is 3.45. The number of benzene rings is 1. The van der Waals surface area contributed by atoms with Gasteiger partial charge in [0.1, 0.15) is 0 Å². The third-order valence-corrected chi connectivity index (χ3v) is 5.82. The average molecular weight is 319 g/mol. The van der Waals surface area contributed by atoms with Crippen LogP contribution in [-0.4, -0.2) is 53.7 Å². The van der Waals surface area contributed by atoms with E-state index >= 15 is 0 Å². The molecule has 5 heteroatoms. The summed E-state index contributed by atoms with van der Waals surface area (Å²) in [6, 6.07) is 10.6. The molecule has 0 radical (unpaired) electrons. The molecule has 1 saturated heterocycles. The molecule has 0 amide bonds. The first-order valence-corrected chi connectivity index (χ1v) is 9.16. The lowest BCUT2D eigenvalue weighted by Crippen LogP contribution is -2.45. The Morgan fingerprint density at radius 1 is 1.27 bits per heavy atom. The maximum atomic E-state index is 9.80. The van der Waals surface area contributed by atoms with Gasteiger partial charge in [-0.1, -0.05) is 30.3 Å². The van der Waals surface area contributed by atoms with Crippen LogP contribution in [0.4, 0.5) is 0 Å². The van der Waals surface area contributed by atoms with Gasteiger partial charge in [-0.05, 0) is 24.3 Å². The third kappa shape index (κ3) is 3.41. The molecular weight excluding hydrogens is 294 g/mol. The molecule has 120 valence electrons. The van der Waals surface area contributed by atoms with E-state index in [1.807, 2.05) is 17.8 Å². The van der Waals surface area contributed by atoms with Gasteiger partial charge < -0.3 is 15.7 Å². The molecule has 2 aliphatic rings. The van der Waals surface area contributed by atoms with E-state index in [0.717, 1.165) is 37.4 Å². The highest BCUT2D eigenvalue weighted by Crippen LogP contribution is 2.51. The van der Waals surface area contributed by atoms with Gasteiger partial charge in [0, 0.05) is 30.0 Å². The van der Waals surface area contributed by atoms with Crippen molar-refractivity contribution in [2.45, 2.75) is 18.8 Å². The summed E-state index contributed by atoms with van der Waals surface area (Å²) in [4.78, 5) is 6.75. The Balaban J connectivity index is 1.57. The Kier molecular flexibility index (Phi) is 4.93. The second kappa shape index (κ2) is 6.92. The van der Waals surface area contributed by atoms with Crippen molar-refractivity contribution in [2.24, 2.45) is 16.1 Å². The number of aliphatic hydroxyl groups is 1. The molecule has 0 spiro atoms. The fraction of sp³-hybridized carbons (Fsp3) is 0.588. The minimum Gasteiger partial charge on any atom is -0.396 e. The van der Waals surface area contributed by atoms with Gasteiger partial charge in [0.2, 0.25) is 0 Å². The topological polar surface area (TPSA) is 61.9 Å². The van der Waals surface area contributed by atoms with Crippen molar-refractivity contribution in [3.63, 3.8) is 0 Å². The second-order valence-corrected chi connectivity index (χ2v) is 7.67. The monoisotopic (exact) mass is 319 g/mol. The van der Waals surface area contributed by atoms with Gasteiger partial charge in [0.25, 0.3) is 0 Å². The van der Waals surface area contributed by atoms with Crippen molar-refractivity contribution < 1.29 is 5.11 Å². The van der Waals surface area contributed by atoms with Gasteiger partial charge in [-0.3, -0.25) is 4.99 Å². The van der Waals surface area contributed by atoms with Crippen LogP contribution in [0.5, 0.6) is 0 Å². The van der Waals surface area contributed by atoms with Crippen LogP contribution in [0.1, 0.15) is 24.3 Å². The molecule has 2 fully saturated rings. The van der Waals surface area contributed by atoms with Crippen molar-refractivity contribution in [3.8, 4) is 0 Å². The number of nitrogens with zero attached hydrogens (tertiary/aromatic N) is 2. The van der Waals surface area contributed by atoms with E-state index < -0.39 is 0 Å². The van der Waals surface area contributed by atoms with E-state index in [0.29, 0.717) is 18.4 Å². The Morgan fingerprint density at radius 3 is 2.59 bits per heavy atom.